The summed E-state index contributed by atoms with van der Waals surface area (Å²) in [6.07, 6.45) is 0.941. The molecule has 6 heteroatoms. The molecule has 1 N–H and O–H groups in total. The normalized spacial score (nSPS) is 24.1. The predicted octanol–water partition coefficient (Wildman–Crippen LogP) is 3.66. The van der Waals surface area contributed by atoms with Gasteiger partial charge in [0.25, 0.3) is 0 Å². The van der Waals surface area contributed by atoms with Gasteiger partial charge in [-0.3, -0.25) is 0 Å². The molecule has 106 valence electrons. The van der Waals surface area contributed by atoms with Crippen LogP contribution in [0.4, 0.5) is 5.69 Å². The zero-order chi connectivity index (χ0) is 14.7. The average Bonchev–Trinajstić information content (AvgIpc) is 2.48. The standard InChI is InChI=1S/C14H18N4O2/c1-4-11-8(2)13(17-18-15)10-7-9(14(19)20-3)5-6-12(10)16-11/h5-8,11,13,16H,4H2,1-3H3/t8-,11+,13+/m1/s1. The monoisotopic (exact) mass is 274 g/mol. The largest absolute Gasteiger partial charge is 0.465 e. The summed E-state index contributed by atoms with van der Waals surface area (Å²) in [5.74, 6) is -0.228. The summed E-state index contributed by atoms with van der Waals surface area (Å²) in [4.78, 5) is 14.6. The van der Waals surface area contributed by atoms with Crippen molar-refractivity contribution in [2.45, 2.75) is 32.4 Å². The fourth-order valence-electron chi connectivity index (χ4n) is 2.71. The van der Waals surface area contributed by atoms with Gasteiger partial charge in [0.15, 0.2) is 0 Å². The Hall–Kier alpha value is -2.20. The number of hydrogen-bond acceptors (Lipinski definition) is 4. The van der Waals surface area contributed by atoms with Gasteiger partial charge in [-0.2, -0.15) is 0 Å². The lowest BCUT2D eigenvalue weighted by molar-refractivity contribution is 0.0600. The van der Waals surface area contributed by atoms with Gasteiger partial charge in [-0.05, 0) is 41.6 Å². The van der Waals surface area contributed by atoms with Gasteiger partial charge in [0, 0.05) is 16.6 Å². The summed E-state index contributed by atoms with van der Waals surface area (Å²) in [5.41, 5.74) is 11.0. The van der Waals surface area contributed by atoms with Crippen LogP contribution in [0.5, 0.6) is 0 Å². The highest BCUT2D eigenvalue weighted by atomic mass is 16.5. The van der Waals surface area contributed by atoms with Crippen molar-refractivity contribution in [2.24, 2.45) is 11.0 Å². The van der Waals surface area contributed by atoms with Crippen LogP contribution in [0, 0.1) is 5.92 Å². The maximum atomic E-state index is 11.6. The van der Waals surface area contributed by atoms with Gasteiger partial charge in [-0.25, -0.2) is 4.79 Å². The lowest BCUT2D eigenvalue weighted by atomic mass is 9.82. The smallest absolute Gasteiger partial charge is 0.337 e. The SMILES string of the molecule is CC[C@@H]1Nc2ccc(C(=O)OC)cc2[C@@H](N=[N+]=[N-])[C@@H]1C. The molecule has 0 aromatic heterocycles. The molecule has 0 fully saturated rings. The molecule has 6 nitrogen and oxygen atoms in total. The second-order valence-electron chi connectivity index (χ2n) is 4.96. The summed E-state index contributed by atoms with van der Waals surface area (Å²) in [7, 11) is 1.35. The van der Waals surface area contributed by atoms with Crippen molar-refractivity contribution in [2.75, 3.05) is 12.4 Å². The quantitative estimate of drug-likeness (QED) is 0.395. The molecule has 0 amide bonds. The molecule has 0 spiro atoms. The fraction of sp³-hybridized carbons (Fsp3) is 0.500. The first kappa shape index (κ1) is 14.2. The van der Waals surface area contributed by atoms with E-state index in [1.165, 1.54) is 7.11 Å². The minimum atomic E-state index is -0.391. The number of anilines is 1. The van der Waals surface area contributed by atoms with E-state index in [1.807, 2.05) is 13.0 Å². The third-order valence-corrected chi connectivity index (χ3v) is 3.88. The highest BCUT2D eigenvalue weighted by molar-refractivity contribution is 5.90. The number of carbonyl (C=O) groups is 1. The number of nitrogens with one attached hydrogen (secondary N) is 1. The molecule has 0 bridgehead atoms. The van der Waals surface area contributed by atoms with Gasteiger partial charge in [-0.15, -0.1) is 0 Å². The number of ether oxygens (including phenoxy) is 1. The van der Waals surface area contributed by atoms with E-state index in [4.69, 9.17) is 10.3 Å². The van der Waals surface area contributed by atoms with Gasteiger partial charge in [-0.1, -0.05) is 19.0 Å². The van der Waals surface area contributed by atoms with Crippen LogP contribution < -0.4 is 5.32 Å². The van der Waals surface area contributed by atoms with Crippen molar-refractivity contribution in [1.82, 2.24) is 0 Å². The highest BCUT2D eigenvalue weighted by Gasteiger charge is 2.32. The second kappa shape index (κ2) is 5.84. The highest BCUT2D eigenvalue weighted by Crippen LogP contribution is 2.40. The summed E-state index contributed by atoms with van der Waals surface area (Å²) in [6, 6.07) is 5.28. The van der Waals surface area contributed by atoms with Gasteiger partial charge >= 0.3 is 5.97 Å². The molecular formula is C14H18N4O2. The first-order valence-electron chi connectivity index (χ1n) is 6.65. The minimum Gasteiger partial charge on any atom is -0.465 e. The van der Waals surface area contributed by atoms with Crippen LogP contribution >= 0.6 is 0 Å². The minimum absolute atomic E-state index is 0.163. The molecule has 0 saturated heterocycles. The molecule has 1 aliphatic heterocycles. The molecule has 20 heavy (non-hydrogen) atoms. The molecule has 1 heterocycles. The van der Waals surface area contributed by atoms with Crippen LogP contribution in [0.3, 0.4) is 0 Å². The van der Waals surface area contributed by atoms with Crippen molar-refractivity contribution in [3.05, 3.63) is 39.8 Å². The van der Waals surface area contributed by atoms with Crippen LogP contribution in [0.25, 0.3) is 10.4 Å². The summed E-state index contributed by atoms with van der Waals surface area (Å²) >= 11 is 0. The second-order valence-corrected chi connectivity index (χ2v) is 4.96. The van der Waals surface area contributed by atoms with Crippen molar-refractivity contribution < 1.29 is 9.53 Å². The molecule has 1 aliphatic rings. The topological polar surface area (TPSA) is 87.1 Å². The number of benzene rings is 1. The Morgan fingerprint density at radius 2 is 2.30 bits per heavy atom. The number of nitrogens with zero attached hydrogens (tertiary/aromatic N) is 3. The third kappa shape index (κ3) is 2.42. The number of fused-ring (bicyclic) bond motifs is 1. The van der Waals surface area contributed by atoms with E-state index in [1.54, 1.807) is 12.1 Å². The van der Waals surface area contributed by atoms with Crippen molar-refractivity contribution >= 4 is 11.7 Å². The van der Waals surface area contributed by atoms with E-state index < -0.39 is 5.97 Å². The Balaban J connectivity index is 2.50. The number of hydrogen-bond donors (Lipinski definition) is 1. The molecule has 1 aromatic rings. The van der Waals surface area contributed by atoms with Gasteiger partial charge in [0.2, 0.25) is 0 Å². The Kier molecular flexibility index (Phi) is 4.15. The van der Waals surface area contributed by atoms with Crippen LogP contribution in [0.15, 0.2) is 23.3 Å². The molecule has 0 unspecified atom stereocenters. The zero-order valence-corrected chi connectivity index (χ0v) is 11.8. The molecule has 3 atom stereocenters. The van der Waals surface area contributed by atoms with E-state index in [2.05, 4.69) is 22.3 Å². The van der Waals surface area contributed by atoms with Crippen molar-refractivity contribution in [3.8, 4) is 0 Å². The molecule has 0 saturated carbocycles. The molecule has 0 radical (unpaired) electrons. The molecule has 1 aromatic carbocycles. The number of esters is 1. The van der Waals surface area contributed by atoms with E-state index in [-0.39, 0.29) is 18.0 Å². The first-order valence-corrected chi connectivity index (χ1v) is 6.65. The Morgan fingerprint density at radius 1 is 1.55 bits per heavy atom. The van der Waals surface area contributed by atoms with E-state index in [0.717, 1.165) is 17.7 Å². The third-order valence-electron chi connectivity index (χ3n) is 3.88. The fourth-order valence-corrected chi connectivity index (χ4v) is 2.71. The van der Waals surface area contributed by atoms with Crippen LogP contribution in [0.1, 0.15) is 42.2 Å². The Bertz CT molecular complexity index is 566. The number of carbonyl (C=O) groups excluding carboxylic acids is 1. The number of azide groups is 1. The maximum absolute atomic E-state index is 11.6. The Labute approximate surface area is 117 Å². The molecular weight excluding hydrogens is 256 g/mol. The summed E-state index contributed by atoms with van der Waals surface area (Å²) in [6.45, 7) is 4.14. The van der Waals surface area contributed by atoms with Gasteiger partial charge in [0.1, 0.15) is 0 Å². The number of rotatable bonds is 3. The van der Waals surface area contributed by atoms with Crippen molar-refractivity contribution in [1.29, 1.82) is 0 Å². The lowest BCUT2D eigenvalue weighted by Crippen LogP contribution is -2.35. The lowest BCUT2D eigenvalue weighted by Gasteiger charge is -2.36. The summed E-state index contributed by atoms with van der Waals surface area (Å²) in [5, 5.41) is 7.35. The van der Waals surface area contributed by atoms with Gasteiger partial charge in [0.05, 0.1) is 18.7 Å². The molecule has 0 aliphatic carbocycles. The van der Waals surface area contributed by atoms with Crippen LogP contribution in [0.2, 0.25) is 0 Å². The Morgan fingerprint density at radius 3 is 2.90 bits per heavy atom. The zero-order valence-electron chi connectivity index (χ0n) is 11.8. The van der Waals surface area contributed by atoms with Crippen LogP contribution in [-0.2, 0) is 4.74 Å². The first-order chi connectivity index (χ1) is 9.62. The van der Waals surface area contributed by atoms with E-state index >= 15 is 0 Å². The van der Waals surface area contributed by atoms with E-state index in [9.17, 15) is 4.79 Å². The summed E-state index contributed by atoms with van der Waals surface area (Å²) < 4.78 is 4.73. The van der Waals surface area contributed by atoms with Gasteiger partial charge < -0.3 is 10.1 Å². The molecule has 2 rings (SSSR count). The van der Waals surface area contributed by atoms with E-state index in [0.29, 0.717) is 5.56 Å². The van der Waals surface area contributed by atoms with Crippen LogP contribution in [-0.4, -0.2) is 19.1 Å². The van der Waals surface area contributed by atoms with Crippen molar-refractivity contribution in [3.63, 3.8) is 0 Å². The maximum Gasteiger partial charge on any atom is 0.337 e. The number of methoxy groups -OCH3 is 1. The predicted molar refractivity (Wildman–Crippen MR) is 76.5 cm³/mol. The average molecular weight is 274 g/mol.